The van der Waals surface area contributed by atoms with E-state index < -0.39 is 5.41 Å². The lowest BCUT2D eigenvalue weighted by molar-refractivity contribution is 0.775. The molecule has 2 nitrogen and oxygen atoms in total. The highest BCUT2D eigenvalue weighted by Crippen LogP contribution is 2.62. The Bertz CT molecular complexity index is 2800. The van der Waals surface area contributed by atoms with E-state index in [1.54, 1.807) is 0 Å². The molecule has 2 aliphatic carbocycles. The van der Waals surface area contributed by atoms with Crippen LogP contribution in [0, 0.1) is 27.7 Å². The summed E-state index contributed by atoms with van der Waals surface area (Å²) in [5.41, 5.74) is 23.8. The largest absolute Gasteiger partial charge is 0.310 e. The summed E-state index contributed by atoms with van der Waals surface area (Å²) in [7, 11) is 0. The number of hydrogen-bond acceptors (Lipinski definition) is 2. The minimum absolute atomic E-state index is 0.592. The average molecular weight is 783 g/mol. The van der Waals surface area contributed by atoms with Crippen molar-refractivity contribution in [2.75, 3.05) is 9.80 Å². The molecule has 11 rings (SSSR count). The van der Waals surface area contributed by atoms with E-state index in [1.165, 1.54) is 77.9 Å². The van der Waals surface area contributed by atoms with Crippen LogP contribution >= 0.6 is 0 Å². The third kappa shape index (κ3) is 5.85. The fourth-order valence-electron chi connectivity index (χ4n) is 10.0. The molecule has 0 saturated carbocycles. The van der Waals surface area contributed by atoms with Crippen molar-refractivity contribution in [3.8, 4) is 33.4 Å². The Balaban J connectivity index is 1.23. The monoisotopic (exact) mass is 782 g/mol. The molecule has 9 aromatic rings. The van der Waals surface area contributed by atoms with Gasteiger partial charge in [-0.05, 0) is 156 Å². The van der Waals surface area contributed by atoms with Crippen molar-refractivity contribution < 1.29 is 0 Å². The molecular formula is C59H46N2. The Labute approximate surface area is 359 Å². The van der Waals surface area contributed by atoms with E-state index in [1.807, 2.05) is 0 Å². The first-order valence-electron chi connectivity index (χ1n) is 21.3. The Kier molecular flexibility index (Phi) is 8.65. The van der Waals surface area contributed by atoms with Crippen molar-refractivity contribution in [3.05, 3.63) is 251 Å². The van der Waals surface area contributed by atoms with Crippen molar-refractivity contribution in [1.82, 2.24) is 0 Å². The Morgan fingerprint density at radius 2 is 0.508 bits per heavy atom. The SMILES string of the molecule is Cc1ccc(N(c2ccc(C)cc2)c2ccc3c(c2)-c2cc(N(c4ccc(C)cc4)c4ccc(C)cc4)ccc2C32c3ccccc3-c3ccccc3-c3ccccc32)cc1. The molecule has 1 spiro atoms. The summed E-state index contributed by atoms with van der Waals surface area (Å²) in [5, 5.41) is 0. The van der Waals surface area contributed by atoms with Gasteiger partial charge in [-0.2, -0.15) is 0 Å². The van der Waals surface area contributed by atoms with Gasteiger partial charge in [0, 0.05) is 34.1 Å². The molecule has 2 aliphatic rings. The second-order valence-electron chi connectivity index (χ2n) is 16.9. The molecule has 0 atom stereocenters. The standard InChI is InChI=1S/C59H46N2/c1-39-17-25-43(26-18-39)60(44-27-19-40(2)20-28-44)47-33-35-57-53(37-47)54-38-48(61(45-29-21-41(3)22-30-45)46-31-23-42(4)24-32-46)34-36-58(54)59(57)55-15-9-7-13-51(55)49-11-5-6-12-50(49)52-14-8-10-16-56(52)59/h5-38H,1-4H3. The van der Waals surface area contributed by atoms with Gasteiger partial charge in [-0.1, -0.05) is 156 Å². The molecule has 0 aromatic heterocycles. The summed E-state index contributed by atoms with van der Waals surface area (Å²) in [4.78, 5) is 4.81. The normalized spacial score (nSPS) is 12.7. The van der Waals surface area contributed by atoms with E-state index in [-0.39, 0.29) is 0 Å². The number of nitrogens with zero attached hydrogens (tertiary/aromatic N) is 2. The second-order valence-corrected chi connectivity index (χ2v) is 16.9. The predicted octanol–water partition coefficient (Wildman–Crippen LogP) is 15.9. The highest BCUT2D eigenvalue weighted by molar-refractivity contribution is 5.99. The van der Waals surface area contributed by atoms with Gasteiger partial charge in [0.1, 0.15) is 0 Å². The lowest BCUT2D eigenvalue weighted by Gasteiger charge is -2.36. The van der Waals surface area contributed by atoms with Gasteiger partial charge in [0.2, 0.25) is 0 Å². The highest BCUT2D eigenvalue weighted by atomic mass is 15.1. The van der Waals surface area contributed by atoms with Crippen molar-refractivity contribution in [2.45, 2.75) is 33.1 Å². The Morgan fingerprint density at radius 3 is 0.836 bits per heavy atom. The van der Waals surface area contributed by atoms with Gasteiger partial charge in [0.15, 0.2) is 0 Å². The van der Waals surface area contributed by atoms with Crippen LogP contribution in [0.25, 0.3) is 33.4 Å². The minimum atomic E-state index is -0.592. The van der Waals surface area contributed by atoms with Crippen LogP contribution in [0.15, 0.2) is 206 Å². The molecule has 0 unspecified atom stereocenters. The molecular weight excluding hydrogens is 737 g/mol. The Morgan fingerprint density at radius 1 is 0.246 bits per heavy atom. The third-order valence-corrected chi connectivity index (χ3v) is 13.0. The van der Waals surface area contributed by atoms with Crippen LogP contribution in [0.1, 0.15) is 44.5 Å². The summed E-state index contributed by atoms with van der Waals surface area (Å²) in [6.07, 6.45) is 0. The number of hydrogen-bond donors (Lipinski definition) is 0. The zero-order valence-electron chi connectivity index (χ0n) is 35.0. The first-order valence-corrected chi connectivity index (χ1v) is 21.3. The number of aryl methyl sites for hydroxylation is 4. The zero-order valence-corrected chi connectivity index (χ0v) is 35.0. The van der Waals surface area contributed by atoms with Crippen LogP contribution in [0.2, 0.25) is 0 Å². The molecule has 9 aromatic carbocycles. The fraction of sp³-hybridized carbons (Fsp3) is 0.0847. The number of rotatable bonds is 6. The fourth-order valence-corrected chi connectivity index (χ4v) is 10.0. The van der Waals surface area contributed by atoms with Crippen molar-refractivity contribution in [3.63, 3.8) is 0 Å². The summed E-state index contributed by atoms with van der Waals surface area (Å²) >= 11 is 0. The maximum Gasteiger partial charge on any atom is 0.0725 e. The van der Waals surface area contributed by atoms with Gasteiger partial charge in [0.25, 0.3) is 0 Å². The van der Waals surface area contributed by atoms with E-state index in [2.05, 4.69) is 244 Å². The van der Waals surface area contributed by atoms with E-state index in [9.17, 15) is 0 Å². The second kappa shape index (κ2) is 14.4. The van der Waals surface area contributed by atoms with Gasteiger partial charge >= 0.3 is 0 Å². The van der Waals surface area contributed by atoms with Gasteiger partial charge in [-0.3, -0.25) is 0 Å². The van der Waals surface area contributed by atoms with Gasteiger partial charge in [0.05, 0.1) is 5.41 Å². The zero-order chi connectivity index (χ0) is 41.2. The lowest BCUT2D eigenvalue weighted by atomic mass is 9.66. The predicted molar refractivity (Wildman–Crippen MR) is 256 cm³/mol. The molecule has 0 heterocycles. The average Bonchev–Trinajstić information content (AvgIpc) is 3.52. The Hall–Kier alpha value is -7.42. The molecule has 61 heavy (non-hydrogen) atoms. The molecule has 0 amide bonds. The number of benzene rings is 9. The topological polar surface area (TPSA) is 6.48 Å². The molecule has 0 bridgehead atoms. The van der Waals surface area contributed by atoms with E-state index in [0.29, 0.717) is 0 Å². The van der Waals surface area contributed by atoms with Gasteiger partial charge < -0.3 is 9.80 Å². The first-order chi connectivity index (χ1) is 29.9. The summed E-state index contributed by atoms with van der Waals surface area (Å²) < 4.78 is 0. The third-order valence-electron chi connectivity index (χ3n) is 13.0. The molecule has 0 saturated heterocycles. The van der Waals surface area contributed by atoms with E-state index in [0.717, 1.165) is 34.1 Å². The molecule has 0 N–H and O–H groups in total. The van der Waals surface area contributed by atoms with Crippen molar-refractivity contribution >= 4 is 34.1 Å². The van der Waals surface area contributed by atoms with E-state index >= 15 is 0 Å². The maximum atomic E-state index is 2.46. The van der Waals surface area contributed by atoms with Crippen molar-refractivity contribution in [1.29, 1.82) is 0 Å². The summed E-state index contributed by atoms with van der Waals surface area (Å²) in [6.45, 7) is 8.61. The van der Waals surface area contributed by atoms with Crippen LogP contribution < -0.4 is 9.80 Å². The van der Waals surface area contributed by atoms with Gasteiger partial charge in [-0.15, -0.1) is 0 Å². The van der Waals surface area contributed by atoms with Crippen molar-refractivity contribution in [2.24, 2.45) is 0 Å². The van der Waals surface area contributed by atoms with Crippen LogP contribution in [0.3, 0.4) is 0 Å². The van der Waals surface area contributed by atoms with Crippen LogP contribution in [-0.4, -0.2) is 0 Å². The highest BCUT2D eigenvalue weighted by Gasteiger charge is 2.50. The van der Waals surface area contributed by atoms with Crippen LogP contribution in [0.5, 0.6) is 0 Å². The summed E-state index contributed by atoms with van der Waals surface area (Å²) in [6, 6.07) is 77.3. The lowest BCUT2D eigenvalue weighted by Crippen LogP contribution is -2.29. The number of fused-ring (bicyclic) bond motifs is 12. The number of anilines is 6. The quantitative estimate of drug-likeness (QED) is 0.166. The van der Waals surface area contributed by atoms with Crippen LogP contribution in [0.4, 0.5) is 34.1 Å². The minimum Gasteiger partial charge on any atom is -0.310 e. The summed E-state index contributed by atoms with van der Waals surface area (Å²) in [5.74, 6) is 0. The smallest absolute Gasteiger partial charge is 0.0725 e. The van der Waals surface area contributed by atoms with E-state index in [4.69, 9.17) is 0 Å². The molecule has 292 valence electrons. The maximum absolute atomic E-state index is 2.46. The molecule has 2 heteroatoms. The first kappa shape index (κ1) is 36.6. The molecule has 0 aliphatic heterocycles. The van der Waals surface area contributed by atoms with Gasteiger partial charge in [-0.25, -0.2) is 0 Å². The molecule has 0 fully saturated rings. The van der Waals surface area contributed by atoms with Crippen LogP contribution in [-0.2, 0) is 5.41 Å². The molecule has 0 radical (unpaired) electrons.